The van der Waals surface area contributed by atoms with Crippen molar-refractivity contribution in [3.8, 4) is 0 Å². The molecule has 0 fully saturated rings. The standard InChI is InChI=1S/C5H8O2S/c1-2-3-7-5(6)4-8/h2-3,8H,4H2,1H3. The van der Waals surface area contributed by atoms with E-state index in [-0.39, 0.29) is 11.7 Å². The summed E-state index contributed by atoms with van der Waals surface area (Å²) in [6.45, 7) is 1.77. The van der Waals surface area contributed by atoms with Gasteiger partial charge in [-0.1, -0.05) is 6.08 Å². The molecular weight excluding hydrogens is 124 g/mol. The zero-order valence-corrected chi connectivity index (χ0v) is 5.52. The molecule has 0 aliphatic carbocycles. The lowest BCUT2D eigenvalue weighted by molar-refractivity contribution is -0.134. The molecule has 0 heterocycles. The number of ether oxygens (including phenoxy) is 1. The number of esters is 1. The lowest BCUT2D eigenvalue weighted by Crippen LogP contribution is -1.99. The second kappa shape index (κ2) is 4.71. The van der Waals surface area contributed by atoms with Gasteiger partial charge in [0.15, 0.2) is 0 Å². The molecule has 0 atom stereocenters. The molecule has 0 unspecified atom stereocenters. The van der Waals surface area contributed by atoms with Gasteiger partial charge in [-0.15, -0.1) is 0 Å². The largest absolute Gasteiger partial charge is 0.434 e. The second-order valence-electron chi connectivity index (χ2n) is 1.12. The minimum atomic E-state index is -0.327. The fourth-order valence-corrected chi connectivity index (χ4v) is 0.256. The van der Waals surface area contributed by atoms with Crippen molar-refractivity contribution in [1.82, 2.24) is 0 Å². The number of allylic oxidation sites excluding steroid dienone is 1. The predicted molar refractivity (Wildman–Crippen MR) is 34.8 cm³/mol. The predicted octanol–water partition coefficient (Wildman–Crippen LogP) is 0.993. The fourth-order valence-electron chi connectivity index (χ4n) is 0.181. The number of hydrogen-bond donors (Lipinski definition) is 1. The van der Waals surface area contributed by atoms with E-state index in [1.165, 1.54) is 6.26 Å². The zero-order valence-electron chi connectivity index (χ0n) is 4.63. The SMILES string of the molecule is CC=COC(=O)CS. The topological polar surface area (TPSA) is 26.3 Å². The van der Waals surface area contributed by atoms with Gasteiger partial charge in [-0.25, -0.2) is 0 Å². The Morgan fingerprint density at radius 2 is 2.50 bits per heavy atom. The summed E-state index contributed by atoms with van der Waals surface area (Å²) in [6, 6.07) is 0. The first-order valence-electron chi connectivity index (χ1n) is 2.22. The molecule has 0 aromatic heterocycles. The maximum atomic E-state index is 10.2. The molecule has 8 heavy (non-hydrogen) atoms. The van der Waals surface area contributed by atoms with Crippen LogP contribution in [-0.4, -0.2) is 11.7 Å². The van der Waals surface area contributed by atoms with Crippen molar-refractivity contribution >= 4 is 18.6 Å². The van der Waals surface area contributed by atoms with Gasteiger partial charge in [0.1, 0.15) is 0 Å². The van der Waals surface area contributed by atoms with Gasteiger partial charge >= 0.3 is 5.97 Å². The van der Waals surface area contributed by atoms with Crippen LogP contribution in [0.4, 0.5) is 0 Å². The summed E-state index contributed by atoms with van der Waals surface area (Å²) in [7, 11) is 0. The van der Waals surface area contributed by atoms with E-state index >= 15 is 0 Å². The number of rotatable bonds is 2. The number of thiol groups is 1. The first-order chi connectivity index (χ1) is 3.81. The average molecular weight is 132 g/mol. The quantitative estimate of drug-likeness (QED) is 0.344. The minimum Gasteiger partial charge on any atom is -0.434 e. The molecule has 2 nitrogen and oxygen atoms in total. The van der Waals surface area contributed by atoms with Crippen molar-refractivity contribution in [2.24, 2.45) is 0 Å². The van der Waals surface area contributed by atoms with Crippen LogP contribution in [0.3, 0.4) is 0 Å². The summed E-state index contributed by atoms with van der Waals surface area (Å²) in [5.74, 6) is -0.198. The molecule has 0 saturated heterocycles. The Bertz CT molecular complexity index is 98.6. The summed E-state index contributed by atoms with van der Waals surface area (Å²) in [5, 5.41) is 0. The van der Waals surface area contributed by atoms with Crippen LogP contribution in [0.15, 0.2) is 12.3 Å². The third kappa shape index (κ3) is 3.74. The Balaban J connectivity index is 3.25. The van der Waals surface area contributed by atoms with Gasteiger partial charge in [-0.05, 0) is 6.92 Å². The molecule has 46 valence electrons. The van der Waals surface area contributed by atoms with Crippen LogP contribution < -0.4 is 0 Å². The maximum Gasteiger partial charge on any atom is 0.320 e. The van der Waals surface area contributed by atoms with Crippen LogP contribution in [0, 0.1) is 0 Å². The summed E-state index contributed by atoms with van der Waals surface area (Å²) in [5.41, 5.74) is 0. The zero-order chi connectivity index (χ0) is 6.41. The molecule has 0 saturated carbocycles. The summed E-state index contributed by atoms with van der Waals surface area (Å²) in [6.07, 6.45) is 2.97. The molecule has 0 radical (unpaired) electrons. The lowest BCUT2D eigenvalue weighted by Gasteiger charge is -1.89. The van der Waals surface area contributed by atoms with Crippen LogP contribution in [0.25, 0.3) is 0 Å². The summed E-state index contributed by atoms with van der Waals surface area (Å²) >= 11 is 3.68. The molecule has 0 rings (SSSR count). The van der Waals surface area contributed by atoms with Gasteiger partial charge in [-0.3, -0.25) is 4.79 Å². The smallest absolute Gasteiger partial charge is 0.320 e. The van der Waals surface area contributed by atoms with E-state index in [0.717, 1.165) is 0 Å². The third-order valence-electron chi connectivity index (χ3n) is 0.465. The minimum absolute atomic E-state index is 0.129. The second-order valence-corrected chi connectivity index (χ2v) is 1.43. The maximum absolute atomic E-state index is 10.2. The van der Waals surface area contributed by atoms with Crippen LogP contribution in [0.1, 0.15) is 6.92 Å². The van der Waals surface area contributed by atoms with Crippen molar-refractivity contribution < 1.29 is 9.53 Å². The lowest BCUT2D eigenvalue weighted by atomic mass is 10.7. The highest BCUT2D eigenvalue weighted by Gasteiger charge is 1.91. The van der Waals surface area contributed by atoms with Crippen molar-refractivity contribution in [2.75, 3.05) is 5.75 Å². The average Bonchev–Trinajstić information content (AvgIpc) is 1.83. The Morgan fingerprint density at radius 1 is 1.88 bits per heavy atom. The third-order valence-corrected chi connectivity index (χ3v) is 0.723. The van der Waals surface area contributed by atoms with Gasteiger partial charge < -0.3 is 4.74 Å². The monoisotopic (exact) mass is 132 g/mol. The molecule has 0 spiro atoms. The van der Waals surface area contributed by atoms with Crippen molar-refractivity contribution in [2.45, 2.75) is 6.92 Å². The molecule has 0 aliphatic rings. The Kier molecular flexibility index (Phi) is 4.45. The highest BCUT2D eigenvalue weighted by atomic mass is 32.1. The molecule has 0 N–H and O–H groups in total. The molecule has 3 heteroatoms. The van der Waals surface area contributed by atoms with E-state index in [9.17, 15) is 4.79 Å². The molecule has 0 bridgehead atoms. The van der Waals surface area contributed by atoms with Crippen molar-refractivity contribution in [1.29, 1.82) is 0 Å². The Morgan fingerprint density at radius 3 is 2.88 bits per heavy atom. The van der Waals surface area contributed by atoms with Crippen LogP contribution in [0.2, 0.25) is 0 Å². The van der Waals surface area contributed by atoms with Gasteiger partial charge in [0, 0.05) is 0 Å². The Labute approximate surface area is 53.9 Å². The molecule has 0 aromatic carbocycles. The van der Waals surface area contributed by atoms with E-state index in [4.69, 9.17) is 0 Å². The normalized spacial score (nSPS) is 9.75. The van der Waals surface area contributed by atoms with E-state index in [0.29, 0.717) is 0 Å². The van der Waals surface area contributed by atoms with E-state index < -0.39 is 0 Å². The van der Waals surface area contributed by atoms with E-state index in [1.807, 2.05) is 0 Å². The molecule has 0 aliphatic heterocycles. The highest BCUT2D eigenvalue weighted by Crippen LogP contribution is 1.81. The number of carbonyl (C=O) groups is 1. The van der Waals surface area contributed by atoms with Crippen LogP contribution in [0.5, 0.6) is 0 Å². The summed E-state index contributed by atoms with van der Waals surface area (Å²) < 4.78 is 4.44. The molecule has 0 aromatic rings. The number of hydrogen-bond acceptors (Lipinski definition) is 3. The Hall–Kier alpha value is -0.440. The summed E-state index contributed by atoms with van der Waals surface area (Å²) in [4.78, 5) is 10.2. The van der Waals surface area contributed by atoms with Gasteiger partial charge in [-0.2, -0.15) is 12.6 Å². The van der Waals surface area contributed by atoms with E-state index in [1.54, 1.807) is 13.0 Å². The van der Waals surface area contributed by atoms with Crippen LogP contribution in [-0.2, 0) is 9.53 Å². The first kappa shape index (κ1) is 7.56. The van der Waals surface area contributed by atoms with E-state index in [2.05, 4.69) is 17.4 Å². The molecular formula is C5H8O2S. The highest BCUT2D eigenvalue weighted by molar-refractivity contribution is 7.81. The fraction of sp³-hybridized carbons (Fsp3) is 0.400. The van der Waals surface area contributed by atoms with Gasteiger partial charge in [0.05, 0.1) is 12.0 Å². The number of carbonyl (C=O) groups excluding carboxylic acids is 1. The molecule has 0 amide bonds. The van der Waals surface area contributed by atoms with Gasteiger partial charge in [0.2, 0.25) is 0 Å². The van der Waals surface area contributed by atoms with Crippen molar-refractivity contribution in [3.63, 3.8) is 0 Å². The van der Waals surface area contributed by atoms with Crippen molar-refractivity contribution in [3.05, 3.63) is 12.3 Å². The van der Waals surface area contributed by atoms with Crippen LogP contribution >= 0.6 is 12.6 Å². The van der Waals surface area contributed by atoms with Gasteiger partial charge in [0.25, 0.3) is 0 Å². The first-order valence-corrected chi connectivity index (χ1v) is 2.86.